The standard InChI is InChI=1S/C27H36FN6O9PS.C13H18FN5O4.2C9H16O5PS.C8H14O4S.C6H10O4.C5H10O3.C4H8O.C2H6.CHClO/c1-5-40-22-19-21(31-25(29)32-22)34(15-30-19)23-27(4,28)20(36)18(43-23)13-42-44(38,33-17-9-7-6-8-10-17)41-11-12-45-24(37)26(2,3)14-39-16-35;1-3-22-10-7-9(17-12(15)18-10)19(5-16-7)11-13(2,14)8(21)6(4-20)23-11;2*1-9(2,6-13-7-10)8(11)16-5-4-14-15(3)12;1-8(2,5-12-6-10)7(11)13-4-3-9;1-6(2,5(8)9)3-10-4-7;1-5(2,3-6)4(7)8;1-2-4-5-3-1;1-2;2-1-3/h6-10,15-16,18,20,23,36H,5,11-14H2,1-4H3,(H,33,38)(H2,29,31,32);5-6,8,11,20-21H,3-4H2,1-2H3,(H2,15,17,18);2*7H,4-6H2,1-3H3;6,9H,3-5H2,1-2H3;4H,3H2,1-2H3,(H,8,9);6H,3H2,1-2H3,(H,7,8);1-4H2;1-2H3;1H/q;;2*+1;;;;;;/t18-,20-,23-,27-,44?;6-,8-,11-,13-;;;;;;;;/m11......../s1/i16D;;2*7D;6D;4D;;;;1D. The number of aliphatic hydroxyl groups excluding tert-OH is 5. The van der Waals surface area contributed by atoms with E-state index in [-0.39, 0.29) is 139 Å². The number of nitrogens with zero attached hydrogens (tertiary/aromatic N) is 8. The summed E-state index contributed by atoms with van der Waals surface area (Å²) in [7, 11) is -7.47. The number of aliphatic hydroxyl groups is 5. The Morgan fingerprint density at radius 2 is 0.901 bits per heavy atom. The van der Waals surface area contributed by atoms with Gasteiger partial charge in [-0.2, -0.15) is 19.9 Å². The first-order valence-corrected chi connectivity index (χ1v) is 51.7. The number of aliphatic carboxylic acids is 2. The van der Waals surface area contributed by atoms with Gasteiger partial charge in [0.25, 0.3) is 32.2 Å². The van der Waals surface area contributed by atoms with Gasteiger partial charge in [0.15, 0.2) is 86.8 Å². The second kappa shape index (κ2) is 68.7. The smallest absolute Gasteiger partial charge is 0.481 e. The maximum Gasteiger partial charge on any atom is 0.504 e. The van der Waals surface area contributed by atoms with E-state index in [9.17, 15) is 86.1 Å². The molecule has 3 fully saturated rings. The Morgan fingerprint density at radius 3 is 1.19 bits per heavy atom. The minimum atomic E-state index is -4.18. The number of benzene rings is 1. The van der Waals surface area contributed by atoms with E-state index in [0.717, 1.165) is 67.2 Å². The van der Waals surface area contributed by atoms with Gasteiger partial charge in [0.1, 0.15) is 72.0 Å². The number of nitrogens with two attached hydrogens (primary N) is 2. The topological polar surface area (TPSA) is 678 Å². The highest BCUT2D eigenvalue weighted by Crippen LogP contribution is 2.51. The lowest BCUT2D eigenvalue weighted by atomic mass is 9.95. The Hall–Kier alpha value is -8.54. The van der Waals surface area contributed by atoms with Gasteiger partial charge in [-0.25, -0.2) is 23.3 Å². The van der Waals surface area contributed by atoms with Crippen LogP contribution < -0.4 is 26.0 Å². The van der Waals surface area contributed by atoms with Gasteiger partial charge in [0.2, 0.25) is 29.4 Å². The highest BCUT2D eigenvalue weighted by atomic mass is 35.5. The zero-order valence-corrected chi connectivity index (χ0v) is 88.6. The molecule has 47 nitrogen and oxygen atoms in total. The number of rotatable bonds is 43. The summed E-state index contributed by atoms with van der Waals surface area (Å²) in [5, 5.41) is 65.7. The van der Waals surface area contributed by atoms with Crippen molar-refractivity contribution in [2.24, 2.45) is 32.5 Å². The summed E-state index contributed by atoms with van der Waals surface area (Å²) in [6.45, 7) is 31.9. The van der Waals surface area contributed by atoms with Crippen LogP contribution in [-0.4, -0.2) is 323 Å². The molecule has 8 rings (SSSR count). The maximum absolute atomic E-state index is 16.1. The number of hydrogen-bond donors (Lipinski definition) is 10. The lowest BCUT2D eigenvalue weighted by molar-refractivity contribution is -0.152. The first-order valence-electron chi connectivity index (χ1n) is 45.6. The third-order valence-electron chi connectivity index (χ3n) is 18.1. The monoisotopic (exact) mass is 2170 g/mol. The molecule has 3 unspecified atom stereocenters. The van der Waals surface area contributed by atoms with Gasteiger partial charge in [0, 0.05) is 41.9 Å². The van der Waals surface area contributed by atoms with Gasteiger partial charge in [0.05, 0.1) is 91.4 Å². The predicted molar refractivity (Wildman–Crippen MR) is 522 cm³/mol. The van der Waals surface area contributed by atoms with Crippen molar-refractivity contribution in [3.63, 3.8) is 0 Å². The van der Waals surface area contributed by atoms with Crippen LogP contribution in [0.4, 0.5) is 26.4 Å². The minimum absolute atomic E-state index is 0.0521. The Labute approximate surface area is 848 Å². The first-order chi connectivity index (χ1) is 68.1. The average Bonchev–Trinajstić information content (AvgIpc) is 1.60. The van der Waals surface area contributed by atoms with Gasteiger partial charge in [-0.15, -0.1) is 9.05 Å². The largest absolute Gasteiger partial charge is 0.504 e. The summed E-state index contributed by atoms with van der Waals surface area (Å²) < 4.78 is 177. The number of fused-ring (bicyclic) bond motifs is 2. The van der Waals surface area contributed by atoms with Crippen molar-refractivity contribution in [2.75, 3.05) is 159 Å². The van der Waals surface area contributed by atoms with E-state index in [2.05, 4.69) is 70.3 Å². The zero-order valence-electron chi connectivity index (χ0n) is 87.9. The molecule has 5 aromatic rings. The molecule has 0 aliphatic carbocycles. The van der Waals surface area contributed by atoms with E-state index in [0.29, 0.717) is 35.1 Å². The molecule has 0 saturated carbocycles. The number of aromatic nitrogens is 8. The Bertz CT molecular complexity index is 5010. The van der Waals surface area contributed by atoms with Crippen LogP contribution in [0, 0.1) is 32.5 Å². The molecule has 141 heavy (non-hydrogen) atoms. The lowest BCUT2D eigenvalue weighted by Gasteiger charge is -2.25. The number of carboxylic acid groups (broad SMARTS) is 2. The molecular weight excluding hydrogens is 2030 g/mol. The number of thioether (sulfide) groups is 4. The molecule has 1 aromatic carbocycles. The molecule has 57 heteroatoms. The van der Waals surface area contributed by atoms with E-state index < -0.39 is 168 Å². The van der Waals surface area contributed by atoms with E-state index in [4.69, 9.17) is 86.7 Å². The molecule has 0 spiro atoms. The summed E-state index contributed by atoms with van der Waals surface area (Å²) >= 11 is 8.22. The van der Waals surface area contributed by atoms with E-state index in [1.165, 1.54) is 82.6 Å². The summed E-state index contributed by atoms with van der Waals surface area (Å²) in [5.74, 6) is -0.758. The number of imidazole rings is 2. The number of carbonyl (C=O) groups excluding carboxylic acids is 10. The van der Waals surface area contributed by atoms with Crippen molar-refractivity contribution in [1.29, 1.82) is 0 Å². The molecule has 7 heterocycles. The van der Waals surface area contributed by atoms with Gasteiger partial charge >= 0.3 is 35.7 Å². The second-order valence-electron chi connectivity index (χ2n) is 33.0. The molecule has 0 radical (unpaired) electrons. The van der Waals surface area contributed by atoms with Crippen molar-refractivity contribution < 1.29 is 189 Å². The SMILES string of the molecule is C1CCOC1.CC.CC(C)(CO)C(=O)O.CCOc1nc(N)nc2c1ncn2[C@@H]1O[C@H](CO)[C@@H](O)[C@@]1(C)F.[2H]C(=O)Cl.[2H]C(=O)OCC(C)(C)C(=O)O.[2H]C(=O)OCC(C)(C)C(=O)SCCO.[2H]C(=O)OCC(C)(C)C(=O)SCCOP(=O)(Nc1ccccc1)OC[C@H]1O[C@@H](n2cnc3c(OCC)nc(N)nc32)[C@](C)(F)[C@@H]1O.[2H]C(=O)OCC(C)(C)C(=O)SCCO[P+](C)=O.[2H]C(=O)OCC(C)(C)C(=O)SCCO[P+](C)=O. The summed E-state index contributed by atoms with van der Waals surface area (Å²) in [4.78, 5) is 153. The molecule has 0 amide bonds. The highest BCUT2D eigenvalue weighted by molar-refractivity contribution is 8.14. The van der Waals surface area contributed by atoms with Crippen LogP contribution >= 0.6 is 82.5 Å². The van der Waals surface area contributed by atoms with Gasteiger partial charge < -0.3 is 94.6 Å². The average molecular weight is 2180 g/mol. The van der Waals surface area contributed by atoms with Crippen molar-refractivity contribution in [1.82, 2.24) is 39.0 Å². The highest BCUT2D eigenvalue weighted by Gasteiger charge is 2.57. The van der Waals surface area contributed by atoms with Crippen molar-refractivity contribution in [3.05, 3.63) is 43.0 Å². The molecule has 3 saturated heterocycles. The Kier molecular flexibility index (Phi) is 59.9. The molecule has 0 bridgehead atoms. The number of nitrogen functional groups attached to an aromatic ring is 2. The zero-order chi connectivity index (χ0) is 114. The van der Waals surface area contributed by atoms with Crippen LogP contribution in [0.15, 0.2) is 43.0 Å². The molecule has 800 valence electrons. The number of nitrogens with one attached hydrogen (secondary N) is 1. The van der Waals surface area contributed by atoms with E-state index in [1.54, 1.807) is 99.6 Å². The molecule has 3 aliphatic heterocycles. The van der Waals surface area contributed by atoms with Gasteiger partial charge in [-0.05, 0) is 156 Å². The maximum atomic E-state index is 16.1. The predicted octanol–water partition coefficient (Wildman–Crippen LogP) is 10.00. The number of carboxylic acids is 2. The number of halogens is 3. The lowest BCUT2D eigenvalue weighted by Crippen LogP contribution is -2.40. The molecule has 3 aliphatic rings. The number of para-hydroxylation sites is 1. The summed E-state index contributed by atoms with van der Waals surface area (Å²) in [6, 6.07) is 8.38. The molecular formula is C84H135ClF2N11O36P3S4+2. The first kappa shape index (κ1) is 123. The summed E-state index contributed by atoms with van der Waals surface area (Å²) in [5.41, 5.74) is 1.45. The van der Waals surface area contributed by atoms with E-state index in [1.807, 2.05) is 13.8 Å². The second-order valence-corrected chi connectivity index (χ2v) is 41.4. The fourth-order valence-electron chi connectivity index (χ4n) is 10.0. The third-order valence-corrected chi connectivity index (χ3v) is 25.5. The van der Waals surface area contributed by atoms with Crippen LogP contribution in [0.1, 0.15) is 158 Å². The Balaban J connectivity index is 0. The number of carbonyl (C=O) groups is 12. The normalized spacial score (nSPS) is 19.1. The van der Waals surface area contributed by atoms with Crippen molar-refractivity contribution in [3.8, 4) is 11.8 Å². The molecule has 12 N–H and O–H groups in total. The molecule has 4 aromatic heterocycles. The summed E-state index contributed by atoms with van der Waals surface area (Å²) in [6.07, 6.45) is -9.00. The van der Waals surface area contributed by atoms with Crippen LogP contribution in [0.2, 0.25) is 0 Å². The number of ether oxygens (including phenoxy) is 10. The fraction of sp³-hybridized carbons (Fsp3) is 0.667. The van der Waals surface area contributed by atoms with E-state index >= 15 is 4.39 Å². The minimum Gasteiger partial charge on any atom is -0.481 e. The number of hydrogen-bond acceptors (Lipinski definition) is 46. The van der Waals surface area contributed by atoms with Crippen LogP contribution in [0.3, 0.4) is 0 Å². The third kappa shape index (κ3) is 49.3. The fourth-order valence-corrected chi connectivity index (χ4v) is 15.6. The van der Waals surface area contributed by atoms with Crippen LogP contribution in [0.5, 0.6) is 11.8 Å². The van der Waals surface area contributed by atoms with Crippen LogP contribution in [-0.2, 0) is 127 Å². The Morgan fingerprint density at radius 1 is 0.567 bits per heavy atom. The van der Waals surface area contributed by atoms with Crippen LogP contribution in [0.25, 0.3) is 22.3 Å². The van der Waals surface area contributed by atoms with Crippen molar-refractivity contribution in [2.45, 2.75) is 186 Å². The molecule has 11 atom stereocenters. The quantitative estimate of drug-likeness (QED) is 0.00570. The number of alkyl halides is 2. The van der Waals surface area contributed by atoms with Gasteiger partial charge in [-0.3, -0.25) is 80.8 Å². The number of anilines is 3. The van der Waals surface area contributed by atoms with Gasteiger partial charge in [-0.1, -0.05) is 79.1 Å². The van der Waals surface area contributed by atoms with Crippen molar-refractivity contribution >= 4 is 193 Å².